The Morgan fingerprint density at radius 3 is 2.92 bits per heavy atom. The molecule has 2 saturated heterocycles. The maximum absolute atomic E-state index is 12.8. The average Bonchev–Trinajstić information content (AvgIpc) is 3.03. The lowest BCUT2D eigenvalue weighted by Crippen LogP contribution is -2.48. The van der Waals surface area contributed by atoms with Gasteiger partial charge in [0.2, 0.25) is 5.91 Å². The summed E-state index contributed by atoms with van der Waals surface area (Å²) in [5.41, 5.74) is 0.821. The number of fused-ring (bicyclic) bond motifs is 1. The average molecular weight is 330 g/mol. The van der Waals surface area contributed by atoms with Gasteiger partial charge in [0.05, 0.1) is 30.7 Å². The molecule has 4 heterocycles. The summed E-state index contributed by atoms with van der Waals surface area (Å²) in [6.45, 7) is 4.31. The molecule has 4 rings (SSSR count). The van der Waals surface area contributed by atoms with E-state index in [4.69, 9.17) is 4.74 Å². The number of carbonyl (C=O) groups is 1. The third-order valence-electron chi connectivity index (χ3n) is 4.90. The highest BCUT2D eigenvalue weighted by Crippen LogP contribution is 2.28. The molecule has 8 nitrogen and oxygen atoms in total. The molecule has 0 spiro atoms. The minimum Gasteiger partial charge on any atom is -0.378 e. The zero-order chi connectivity index (χ0) is 16.5. The molecule has 2 aromatic heterocycles. The number of piperidine rings is 1. The Bertz CT molecular complexity index is 739. The molecular weight excluding hydrogens is 308 g/mol. The lowest BCUT2D eigenvalue weighted by atomic mass is 9.96. The molecule has 0 radical (unpaired) electrons. The van der Waals surface area contributed by atoms with Crippen LogP contribution in [-0.2, 0) is 16.6 Å². The number of amides is 1. The SMILES string of the molecule is Cn1ncc2c(N3CCC[C@@H](C(=O)N4CCOCC4)C3)ncnc21. The van der Waals surface area contributed by atoms with Gasteiger partial charge < -0.3 is 14.5 Å². The maximum atomic E-state index is 12.8. The van der Waals surface area contributed by atoms with Crippen molar-refractivity contribution in [2.45, 2.75) is 12.8 Å². The Hall–Kier alpha value is -2.22. The molecule has 1 amide bonds. The molecule has 2 aromatic rings. The van der Waals surface area contributed by atoms with E-state index in [1.807, 2.05) is 11.9 Å². The van der Waals surface area contributed by atoms with Gasteiger partial charge in [-0.2, -0.15) is 5.10 Å². The Kier molecular flexibility index (Phi) is 4.05. The number of hydrogen-bond acceptors (Lipinski definition) is 6. The molecule has 2 aliphatic heterocycles. The first kappa shape index (κ1) is 15.3. The van der Waals surface area contributed by atoms with Crippen LogP contribution in [0.1, 0.15) is 12.8 Å². The van der Waals surface area contributed by atoms with Crippen LogP contribution < -0.4 is 4.90 Å². The van der Waals surface area contributed by atoms with E-state index in [2.05, 4.69) is 20.0 Å². The second-order valence-electron chi connectivity index (χ2n) is 6.43. The van der Waals surface area contributed by atoms with Gasteiger partial charge in [0, 0.05) is 33.2 Å². The lowest BCUT2D eigenvalue weighted by molar-refractivity contribution is -0.139. The summed E-state index contributed by atoms with van der Waals surface area (Å²) in [5.74, 6) is 1.16. The number of aryl methyl sites for hydroxylation is 1. The van der Waals surface area contributed by atoms with E-state index in [-0.39, 0.29) is 11.8 Å². The molecule has 8 heteroatoms. The summed E-state index contributed by atoms with van der Waals surface area (Å²) in [6.07, 6.45) is 5.31. The van der Waals surface area contributed by atoms with Crippen LogP contribution in [0.2, 0.25) is 0 Å². The Morgan fingerprint density at radius 1 is 1.25 bits per heavy atom. The van der Waals surface area contributed by atoms with Crippen molar-refractivity contribution in [3.05, 3.63) is 12.5 Å². The van der Waals surface area contributed by atoms with Crippen molar-refractivity contribution < 1.29 is 9.53 Å². The van der Waals surface area contributed by atoms with Crippen LogP contribution in [-0.4, -0.2) is 69.9 Å². The molecular formula is C16H22N6O2. The van der Waals surface area contributed by atoms with Gasteiger partial charge in [-0.1, -0.05) is 0 Å². The lowest BCUT2D eigenvalue weighted by Gasteiger charge is -2.36. The minimum absolute atomic E-state index is 0.0264. The Balaban J connectivity index is 1.54. The van der Waals surface area contributed by atoms with Crippen LogP contribution in [0, 0.1) is 5.92 Å². The van der Waals surface area contributed by atoms with Crippen molar-refractivity contribution in [2.75, 3.05) is 44.3 Å². The molecule has 128 valence electrons. The third-order valence-corrected chi connectivity index (χ3v) is 4.90. The number of aromatic nitrogens is 4. The standard InChI is InChI=1S/C16H22N6O2/c1-20-14-13(9-19-20)15(18-11-17-14)22-4-2-3-12(10-22)16(23)21-5-7-24-8-6-21/h9,11-12H,2-8,10H2,1H3/t12-/m1/s1. The van der Waals surface area contributed by atoms with Gasteiger partial charge in [-0.3, -0.25) is 9.48 Å². The van der Waals surface area contributed by atoms with Crippen LogP contribution in [0.3, 0.4) is 0 Å². The van der Waals surface area contributed by atoms with Crippen molar-refractivity contribution in [2.24, 2.45) is 13.0 Å². The van der Waals surface area contributed by atoms with E-state index < -0.39 is 0 Å². The summed E-state index contributed by atoms with van der Waals surface area (Å²) in [7, 11) is 1.88. The summed E-state index contributed by atoms with van der Waals surface area (Å²) >= 11 is 0. The minimum atomic E-state index is 0.0264. The highest BCUT2D eigenvalue weighted by molar-refractivity contribution is 5.87. The van der Waals surface area contributed by atoms with Crippen LogP contribution in [0.4, 0.5) is 5.82 Å². The van der Waals surface area contributed by atoms with E-state index >= 15 is 0 Å². The fourth-order valence-corrected chi connectivity index (χ4v) is 3.61. The van der Waals surface area contributed by atoms with Crippen LogP contribution in [0.15, 0.2) is 12.5 Å². The van der Waals surface area contributed by atoms with Crippen molar-refractivity contribution >= 4 is 22.8 Å². The van der Waals surface area contributed by atoms with E-state index in [1.54, 1.807) is 17.2 Å². The second kappa shape index (κ2) is 6.35. The van der Waals surface area contributed by atoms with Crippen LogP contribution in [0.5, 0.6) is 0 Å². The van der Waals surface area contributed by atoms with E-state index in [9.17, 15) is 4.79 Å². The first-order valence-corrected chi connectivity index (χ1v) is 8.48. The Labute approximate surface area is 140 Å². The molecule has 1 atom stereocenters. The number of nitrogens with zero attached hydrogens (tertiary/aromatic N) is 6. The molecule has 0 N–H and O–H groups in total. The largest absolute Gasteiger partial charge is 0.378 e. The second-order valence-corrected chi connectivity index (χ2v) is 6.43. The normalized spacial score (nSPS) is 22.1. The number of morpholine rings is 1. The third kappa shape index (κ3) is 2.71. The van der Waals surface area contributed by atoms with Gasteiger partial charge in [-0.15, -0.1) is 0 Å². The summed E-state index contributed by atoms with van der Waals surface area (Å²) in [4.78, 5) is 25.7. The number of carbonyl (C=O) groups excluding carboxylic acids is 1. The van der Waals surface area contributed by atoms with Gasteiger partial charge in [0.15, 0.2) is 5.65 Å². The Morgan fingerprint density at radius 2 is 2.08 bits per heavy atom. The summed E-state index contributed by atoms with van der Waals surface area (Å²) < 4.78 is 7.10. The molecule has 0 aliphatic carbocycles. The van der Waals surface area contributed by atoms with Crippen molar-refractivity contribution in [3.63, 3.8) is 0 Å². The zero-order valence-electron chi connectivity index (χ0n) is 13.9. The first-order chi connectivity index (χ1) is 11.7. The molecule has 0 saturated carbocycles. The predicted octanol–water partition coefficient (Wildman–Crippen LogP) is 0.439. The van der Waals surface area contributed by atoms with Gasteiger partial charge >= 0.3 is 0 Å². The van der Waals surface area contributed by atoms with Crippen molar-refractivity contribution in [1.29, 1.82) is 0 Å². The summed E-state index contributed by atoms with van der Waals surface area (Å²) in [6, 6.07) is 0. The van der Waals surface area contributed by atoms with E-state index in [0.717, 1.165) is 36.2 Å². The molecule has 0 bridgehead atoms. The highest BCUT2D eigenvalue weighted by atomic mass is 16.5. The zero-order valence-corrected chi connectivity index (χ0v) is 13.9. The van der Waals surface area contributed by atoms with Crippen molar-refractivity contribution in [1.82, 2.24) is 24.6 Å². The molecule has 0 aromatic carbocycles. The van der Waals surface area contributed by atoms with Gasteiger partial charge in [-0.05, 0) is 12.8 Å². The number of ether oxygens (including phenoxy) is 1. The topological polar surface area (TPSA) is 76.4 Å². The number of rotatable bonds is 2. The first-order valence-electron chi connectivity index (χ1n) is 8.48. The van der Waals surface area contributed by atoms with Gasteiger partial charge in [0.1, 0.15) is 12.1 Å². The number of anilines is 1. The van der Waals surface area contributed by atoms with Crippen LogP contribution >= 0.6 is 0 Å². The smallest absolute Gasteiger partial charge is 0.227 e. The maximum Gasteiger partial charge on any atom is 0.227 e. The molecule has 24 heavy (non-hydrogen) atoms. The van der Waals surface area contributed by atoms with E-state index in [0.29, 0.717) is 32.8 Å². The highest BCUT2D eigenvalue weighted by Gasteiger charge is 2.31. The number of hydrogen-bond donors (Lipinski definition) is 0. The predicted molar refractivity (Wildman–Crippen MR) is 88.6 cm³/mol. The fourth-order valence-electron chi connectivity index (χ4n) is 3.61. The molecule has 2 fully saturated rings. The molecule has 2 aliphatic rings. The fraction of sp³-hybridized carbons (Fsp3) is 0.625. The van der Waals surface area contributed by atoms with E-state index in [1.165, 1.54) is 0 Å². The monoisotopic (exact) mass is 330 g/mol. The van der Waals surface area contributed by atoms with Crippen LogP contribution in [0.25, 0.3) is 11.0 Å². The quantitative estimate of drug-likeness (QED) is 0.795. The molecule has 0 unspecified atom stereocenters. The summed E-state index contributed by atoms with van der Waals surface area (Å²) in [5, 5.41) is 5.22. The van der Waals surface area contributed by atoms with Gasteiger partial charge in [0.25, 0.3) is 0 Å². The van der Waals surface area contributed by atoms with Crippen molar-refractivity contribution in [3.8, 4) is 0 Å². The van der Waals surface area contributed by atoms with Gasteiger partial charge in [-0.25, -0.2) is 9.97 Å².